The summed E-state index contributed by atoms with van der Waals surface area (Å²) in [7, 11) is 0. The molecule has 3 rings (SSSR count). The van der Waals surface area contributed by atoms with E-state index in [1.165, 1.54) is 0 Å². The second kappa shape index (κ2) is 6.12. The third-order valence-corrected chi connectivity index (χ3v) is 3.95. The van der Waals surface area contributed by atoms with E-state index in [1.54, 1.807) is 30.3 Å². The minimum absolute atomic E-state index is 0.157. The van der Waals surface area contributed by atoms with Crippen LogP contribution in [0.15, 0.2) is 30.3 Å². The fraction of sp³-hybridized carbons (Fsp3) is 0.0769. The normalized spacial score (nSPS) is 11.9. The summed E-state index contributed by atoms with van der Waals surface area (Å²) < 4.78 is 10.9. The van der Waals surface area contributed by atoms with Crippen LogP contribution in [0.3, 0.4) is 0 Å². The molecule has 7 nitrogen and oxygen atoms in total. The first kappa shape index (κ1) is 14.5. The number of ether oxygens (including phenoxy) is 2. The van der Waals surface area contributed by atoms with Crippen LogP contribution < -0.4 is 25.6 Å². The largest absolute Gasteiger partial charge is 0.454 e. The third-order valence-electron chi connectivity index (χ3n) is 2.72. The molecule has 0 saturated heterocycles. The maximum Gasteiger partial charge on any atom is 0.337 e. The minimum atomic E-state index is -0.588. The molecule has 0 radical (unpaired) electrons. The molecule has 114 valence electrons. The number of hydrogen-bond acceptors (Lipinski definition) is 5. The Morgan fingerprint density at radius 1 is 1.09 bits per heavy atom. The van der Waals surface area contributed by atoms with Gasteiger partial charge < -0.3 is 14.8 Å². The van der Waals surface area contributed by atoms with E-state index in [9.17, 15) is 9.59 Å². The van der Waals surface area contributed by atoms with Gasteiger partial charge in [0.05, 0.1) is 9.21 Å². The Kier molecular flexibility index (Phi) is 4.03. The number of carbonyl (C=O) groups is 2. The monoisotopic (exact) mass is 339 g/mol. The zero-order valence-corrected chi connectivity index (χ0v) is 12.6. The van der Waals surface area contributed by atoms with E-state index in [0.717, 1.165) is 11.3 Å². The number of urea groups is 1. The molecule has 0 atom stereocenters. The fourth-order valence-electron chi connectivity index (χ4n) is 1.75. The summed E-state index contributed by atoms with van der Waals surface area (Å²) in [5.74, 6) is 0.724. The second-order valence-corrected chi connectivity index (χ2v) is 5.92. The van der Waals surface area contributed by atoms with Gasteiger partial charge in [0.1, 0.15) is 0 Å². The molecule has 9 heteroatoms. The molecule has 0 unspecified atom stereocenters. The Morgan fingerprint density at radius 2 is 1.91 bits per heavy atom. The summed E-state index contributed by atoms with van der Waals surface area (Å²) in [6, 6.07) is 7.56. The number of carbonyl (C=O) groups excluding carboxylic acids is 2. The lowest BCUT2D eigenvalue weighted by Crippen LogP contribution is -2.43. The summed E-state index contributed by atoms with van der Waals surface area (Å²) in [4.78, 5) is 23.8. The number of nitrogens with one attached hydrogen (secondary N) is 3. The molecule has 0 fully saturated rings. The molecule has 0 aliphatic carbocycles. The smallest absolute Gasteiger partial charge is 0.337 e. The highest BCUT2D eigenvalue weighted by atomic mass is 35.5. The van der Waals surface area contributed by atoms with Crippen molar-refractivity contribution in [2.45, 2.75) is 0 Å². The lowest BCUT2D eigenvalue weighted by atomic mass is 10.3. The van der Waals surface area contributed by atoms with Crippen LogP contribution in [0.5, 0.6) is 11.5 Å². The van der Waals surface area contributed by atoms with Gasteiger partial charge in [-0.15, -0.1) is 11.3 Å². The maximum absolute atomic E-state index is 11.7. The number of benzene rings is 1. The second-order valence-electron chi connectivity index (χ2n) is 4.21. The number of amides is 3. The van der Waals surface area contributed by atoms with Crippen LogP contribution in [0.4, 0.5) is 10.5 Å². The average molecular weight is 340 g/mol. The van der Waals surface area contributed by atoms with Gasteiger partial charge in [0.2, 0.25) is 6.79 Å². The molecule has 1 aliphatic rings. The molecule has 3 amide bonds. The molecule has 0 bridgehead atoms. The van der Waals surface area contributed by atoms with E-state index in [4.69, 9.17) is 21.1 Å². The van der Waals surface area contributed by atoms with E-state index >= 15 is 0 Å². The third kappa shape index (κ3) is 3.23. The zero-order valence-electron chi connectivity index (χ0n) is 11.0. The van der Waals surface area contributed by atoms with Crippen molar-refractivity contribution in [2.75, 3.05) is 12.1 Å². The van der Waals surface area contributed by atoms with Crippen LogP contribution in [-0.4, -0.2) is 18.7 Å². The molecule has 1 aromatic heterocycles. The molecule has 2 heterocycles. The quantitative estimate of drug-likeness (QED) is 0.734. The van der Waals surface area contributed by atoms with E-state index in [0.29, 0.717) is 26.4 Å². The van der Waals surface area contributed by atoms with Gasteiger partial charge in [-0.05, 0) is 24.3 Å². The molecule has 2 aromatic rings. The van der Waals surface area contributed by atoms with Crippen molar-refractivity contribution in [1.29, 1.82) is 0 Å². The van der Waals surface area contributed by atoms with Crippen molar-refractivity contribution < 1.29 is 19.1 Å². The van der Waals surface area contributed by atoms with Crippen molar-refractivity contribution in [2.24, 2.45) is 0 Å². The van der Waals surface area contributed by atoms with Crippen LogP contribution >= 0.6 is 22.9 Å². The number of hydrazine groups is 1. The fourth-order valence-corrected chi connectivity index (χ4v) is 2.69. The average Bonchev–Trinajstić information content (AvgIpc) is 3.13. The van der Waals surface area contributed by atoms with Gasteiger partial charge in [-0.1, -0.05) is 11.6 Å². The van der Waals surface area contributed by atoms with Gasteiger partial charge in [0.15, 0.2) is 11.5 Å². The summed E-state index contributed by atoms with van der Waals surface area (Å²) in [6.07, 6.45) is 0. The predicted octanol–water partition coefficient (Wildman–Crippen LogP) is 2.60. The Balaban J connectivity index is 1.53. The van der Waals surface area contributed by atoms with Gasteiger partial charge in [-0.3, -0.25) is 10.2 Å². The van der Waals surface area contributed by atoms with Gasteiger partial charge in [0.25, 0.3) is 5.91 Å². The van der Waals surface area contributed by atoms with Crippen molar-refractivity contribution >= 4 is 40.6 Å². The first-order chi connectivity index (χ1) is 10.6. The van der Waals surface area contributed by atoms with Crippen molar-refractivity contribution in [1.82, 2.24) is 10.9 Å². The number of rotatable bonds is 2. The molecule has 3 N–H and O–H groups in total. The van der Waals surface area contributed by atoms with Crippen LogP contribution in [0.2, 0.25) is 4.34 Å². The van der Waals surface area contributed by atoms with E-state index in [-0.39, 0.29) is 6.79 Å². The van der Waals surface area contributed by atoms with Crippen LogP contribution in [-0.2, 0) is 0 Å². The Labute approximate surface area is 134 Å². The number of halogens is 1. The molecule has 1 aliphatic heterocycles. The summed E-state index contributed by atoms with van der Waals surface area (Å²) >= 11 is 6.85. The molecule has 1 aromatic carbocycles. The molecule has 22 heavy (non-hydrogen) atoms. The highest BCUT2D eigenvalue weighted by Gasteiger charge is 2.14. The van der Waals surface area contributed by atoms with E-state index < -0.39 is 11.9 Å². The standard InChI is InChI=1S/C13H10ClN3O4S/c14-11-4-3-10(22-11)12(18)16-17-13(19)15-7-1-2-8-9(5-7)21-6-20-8/h1-5H,6H2,(H,16,18)(H2,15,17,19). The summed E-state index contributed by atoms with van der Waals surface area (Å²) in [5, 5.41) is 2.56. The Bertz CT molecular complexity index is 734. The first-order valence-electron chi connectivity index (χ1n) is 6.14. The molecular weight excluding hydrogens is 330 g/mol. The highest BCUT2D eigenvalue weighted by molar-refractivity contribution is 7.17. The predicted molar refractivity (Wildman–Crippen MR) is 81.5 cm³/mol. The lowest BCUT2D eigenvalue weighted by molar-refractivity contribution is 0.0942. The molecule has 0 saturated carbocycles. The Hall–Kier alpha value is -2.45. The molecular formula is C13H10ClN3O4S. The van der Waals surface area contributed by atoms with Crippen molar-refractivity contribution in [3.05, 3.63) is 39.5 Å². The first-order valence-corrected chi connectivity index (χ1v) is 7.33. The SMILES string of the molecule is O=C(NNC(=O)c1ccc(Cl)s1)Nc1ccc2c(c1)OCO2. The number of thiophene rings is 1. The molecule has 0 spiro atoms. The van der Waals surface area contributed by atoms with E-state index in [2.05, 4.69) is 16.2 Å². The maximum atomic E-state index is 11.7. The van der Waals surface area contributed by atoms with Gasteiger partial charge >= 0.3 is 6.03 Å². The number of fused-ring (bicyclic) bond motifs is 1. The van der Waals surface area contributed by atoms with Crippen LogP contribution in [0.1, 0.15) is 9.67 Å². The van der Waals surface area contributed by atoms with Gasteiger partial charge in [-0.2, -0.15) is 0 Å². The van der Waals surface area contributed by atoms with E-state index in [1.807, 2.05) is 0 Å². The summed E-state index contributed by atoms with van der Waals surface area (Å²) in [5.41, 5.74) is 5.04. The van der Waals surface area contributed by atoms with Crippen LogP contribution in [0.25, 0.3) is 0 Å². The van der Waals surface area contributed by atoms with Gasteiger partial charge in [-0.25, -0.2) is 10.2 Å². The number of anilines is 1. The highest BCUT2D eigenvalue weighted by Crippen LogP contribution is 2.34. The topological polar surface area (TPSA) is 88.7 Å². The van der Waals surface area contributed by atoms with Crippen LogP contribution in [0, 0.1) is 0 Å². The van der Waals surface area contributed by atoms with Gasteiger partial charge in [0, 0.05) is 11.8 Å². The van der Waals surface area contributed by atoms with Crippen molar-refractivity contribution in [3.8, 4) is 11.5 Å². The lowest BCUT2D eigenvalue weighted by Gasteiger charge is -2.08. The number of hydrogen-bond donors (Lipinski definition) is 3. The van der Waals surface area contributed by atoms with Crippen molar-refractivity contribution in [3.63, 3.8) is 0 Å². The summed E-state index contributed by atoms with van der Waals surface area (Å²) in [6.45, 7) is 0.157. The zero-order chi connectivity index (χ0) is 15.5. The Morgan fingerprint density at radius 3 is 2.68 bits per heavy atom. The minimum Gasteiger partial charge on any atom is -0.454 e.